The van der Waals surface area contributed by atoms with Crippen LogP contribution in [0.4, 0.5) is 0 Å². The molecular weight excluding hydrogens is 376 g/mol. The second-order valence-corrected chi connectivity index (χ2v) is 7.94. The van der Waals surface area contributed by atoms with Gasteiger partial charge in [-0.25, -0.2) is 4.98 Å². The van der Waals surface area contributed by atoms with Crippen LogP contribution in [0, 0.1) is 0 Å². The van der Waals surface area contributed by atoms with Crippen molar-refractivity contribution in [3.63, 3.8) is 0 Å². The molecule has 1 heterocycles. The van der Waals surface area contributed by atoms with Gasteiger partial charge in [-0.2, -0.15) is 0 Å². The number of amides is 2. The predicted molar refractivity (Wildman–Crippen MR) is 111 cm³/mol. The Morgan fingerprint density at radius 2 is 2.00 bits per heavy atom. The molecule has 1 saturated carbocycles. The number of likely N-dealkylation sites (N-methyl/N-ethyl adjacent to an activating group) is 1. The summed E-state index contributed by atoms with van der Waals surface area (Å²) in [6, 6.07) is 6.83. The first kappa shape index (κ1) is 20.4. The molecule has 0 aliphatic heterocycles. The summed E-state index contributed by atoms with van der Waals surface area (Å²) in [7, 11) is 0. The van der Waals surface area contributed by atoms with Gasteiger partial charge in [-0.1, -0.05) is 36.7 Å². The fourth-order valence-corrected chi connectivity index (χ4v) is 4.40. The number of carbonyl (C=O) groups is 2. The molecule has 8 heteroatoms. The molecule has 0 radical (unpaired) electrons. The Morgan fingerprint density at radius 3 is 2.71 bits per heavy atom. The SMILES string of the molecule is CCNC(=O)[C@@H](C)NC(=O)CSc1nc2ccccc2c(=O)n1C1CCCC1. The van der Waals surface area contributed by atoms with E-state index in [1.807, 2.05) is 25.1 Å². The molecule has 2 aromatic rings. The monoisotopic (exact) mass is 402 g/mol. The number of carbonyl (C=O) groups excluding carboxylic acids is 2. The molecule has 0 bridgehead atoms. The Morgan fingerprint density at radius 1 is 1.29 bits per heavy atom. The zero-order chi connectivity index (χ0) is 20.1. The number of nitrogens with zero attached hydrogens (tertiary/aromatic N) is 2. The molecule has 3 rings (SSSR count). The van der Waals surface area contributed by atoms with Gasteiger partial charge in [0.1, 0.15) is 6.04 Å². The third kappa shape index (κ3) is 4.55. The lowest BCUT2D eigenvalue weighted by molar-refractivity contribution is -0.127. The average molecular weight is 403 g/mol. The number of hydrogen-bond acceptors (Lipinski definition) is 5. The summed E-state index contributed by atoms with van der Waals surface area (Å²) in [4.78, 5) is 41.8. The van der Waals surface area contributed by atoms with E-state index in [2.05, 4.69) is 15.6 Å². The van der Waals surface area contributed by atoms with Crippen molar-refractivity contribution in [2.75, 3.05) is 12.3 Å². The molecular formula is C20H26N4O3S. The minimum atomic E-state index is -0.602. The van der Waals surface area contributed by atoms with Crippen molar-refractivity contribution < 1.29 is 9.59 Å². The van der Waals surface area contributed by atoms with Crippen molar-refractivity contribution in [3.05, 3.63) is 34.6 Å². The number of rotatable bonds is 7. The Labute approximate surface area is 168 Å². The Kier molecular flexibility index (Phi) is 6.72. The van der Waals surface area contributed by atoms with Gasteiger partial charge in [0.05, 0.1) is 16.7 Å². The molecule has 28 heavy (non-hydrogen) atoms. The normalized spacial score (nSPS) is 15.5. The molecule has 150 valence electrons. The quantitative estimate of drug-likeness (QED) is 0.547. The first-order valence-electron chi connectivity index (χ1n) is 9.72. The van der Waals surface area contributed by atoms with Gasteiger partial charge in [0.25, 0.3) is 5.56 Å². The first-order valence-corrected chi connectivity index (χ1v) is 10.7. The fourth-order valence-electron chi connectivity index (χ4n) is 3.52. The maximum absolute atomic E-state index is 13.1. The third-order valence-electron chi connectivity index (χ3n) is 4.92. The van der Waals surface area contributed by atoms with Crippen molar-refractivity contribution in [1.82, 2.24) is 20.2 Å². The molecule has 1 fully saturated rings. The van der Waals surface area contributed by atoms with E-state index in [9.17, 15) is 14.4 Å². The van der Waals surface area contributed by atoms with Gasteiger partial charge in [0.15, 0.2) is 5.16 Å². The summed E-state index contributed by atoms with van der Waals surface area (Å²) in [6.45, 7) is 3.99. The minimum absolute atomic E-state index is 0.0453. The Bertz CT molecular complexity index is 921. The number of hydrogen-bond donors (Lipinski definition) is 2. The van der Waals surface area contributed by atoms with Crippen LogP contribution in [0.2, 0.25) is 0 Å². The number of aromatic nitrogens is 2. The Hall–Kier alpha value is -2.35. The van der Waals surface area contributed by atoms with Gasteiger partial charge in [-0.05, 0) is 38.8 Å². The van der Waals surface area contributed by atoms with Crippen LogP contribution in [-0.4, -0.2) is 39.7 Å². The van der Waals surface area contributed by atoms with E-state index in [0.717, 1.165) is 25.7 Å². The zero-order valence-corrected chi connectivity index (χ0v) is 17.1. The van der Waals surface area contributed by atoms with E-state index in [4.69, 9.17) is 0 Å². The molecule has 0 spiro atoms. The first-order chi connectivity index (χ1) is 13.5. The molecule has 1 atom stereocenters. The van der Waals surface area contributed by atoms with Crippen molar-refractivity contribution in [2.45, 2.75) is 56.8 Å². The van der Waals surface area contributed by atoms with E-state index in [0.29, 0.717) is 22.6 Å². The lowest BCUT2D eigenvalue weighted by atomic mass is 10.2. The van der Waals surface area contributed by atoms with Crippen LogP contribution in [0.25, 0.3) is 10.9 Å². The topological polar surface area (TPSA) is 93.1 Å². The summed E-state index contributed by atoms with van der Waals surface area (Å²) in [5.41, 5.74) is 0.594. The van der Waals surface area contributed by atoms with Gasteiger partial charge in [0.2, 0.25) is 11.8 Å². The highest BCUT2D eigenvalue weighted by Crippen LogP contribution is 2.32. The second-order valence-electron chi connectivity index (χ2n) is 7.00. The minimum Gasteiger partial charge on any atom is -0.355 e. The van der Waals surface area contributed by atoms with E-state index >= 15 is 0 Å². The number of nitrogens with one attached hydrogen (secondary N) is 2. The molecule has 0 saturated heterocycles. The van der Waals surface area contributed by atoms with E-state index in [-0.39, 0.29) is 29.2 Å². The summed E-state index contributed by atoms with van der Waals surface area (Å²) in [6.07, 6.45) is 4.10. The third-order valence-corrected chi connectivity index (χ3v) is 5.87. The number of thioether (sulfide) groups is 1. The molecule has 7 nitrogen and oxygen atoms in total. The highest BCUT2D eigenvalue weighted by molar-refractivity contribution is 7.99. The van der Waals surface area contributed by atoms with Crippen LogP contribution in [0.15, 0.2) is 34.2 Å². The van der Waals surface area contributed by atoms with Crippen LogP contribution >= 0.6 is 11.8 Å². The van der Waals surface area contributed by atoms with Gasteiger partial charge in [-0.3, -0.25) is 19.0 Å². The second kappa shape index (κ2) is 9.23. The number of fused-ring (bicyclic) bond motifs is 1. The van der Waals surface area contributed by atoms with Gasteiger partial charge >= 0.3 is 0 Å². The zero-order valence-electron chi connectivity index (χ0n) is 16.2. The number of para-hydroxylation sites is 1. The van der Waals surface area contributed by atoms with Crippen molar-refractivity contribution in [3.8, 4) is 0 Å². The summed E-state index contributed by atoms with van der Waals surface area (Å²) in [5.74, 6) is -0.377. The fraction of sp³-hybridized carbons (Fsp3) is 0.500. The molecule has 2 amide bonds. The van der Waals surface area contributed by atoms with Crippen LogP contribution in [0.1, 0.15) is 45.6 Å². The predicted octanol–water partition coefficient (Wildman–Crippen LogP) is 2.24. The lowest BCUT2D eigenvalue weighted by Crippen LogP contribution is -2.45. The summed E-state index contributed by atoms with van der Waals surface area (Å²) >= 11 is 1.25. The number of benzene rings is 1. The van der Waals surface area contributed by atoms with E-state index in [1.165, 1.54) is 11.8 Å². The smallest absolute Gasteiger partial charge is 0.262 e. The van der Waals surface area contributed by atoms with Crippen molar-refractivity contribution >= 4 is 34.5 Å². The van der Waals surface area contributed by atoms with Crippen LogP contribution in [-0.2, 0) is 9.59 Å². The van der Waals surface area contributed by atoms with E-state index < -0.39 is 6.04 Å². The lowest BCUT2D eigenvalue weighted by Gasteiger charge is -2.19. The highest BCUT2D eigenvalue weighted by atomic mass is 32.2. The molecule has 1 aromatic heterocycles. The van der Waals surface area contributed by atoms with Crippen LogP contribution in [0.3, 0.4) is 0 Å². The molecule has 0 unspecified atom stereocenters. The van der Waals surface area contributed by atoms with Gasteiger partial charge in [-0.15, -0.1) is 0 Å². The van der Waals surface area contributed by atoms with Gasteiger partial charge < -0.3 is 10.6 Å². The van der Waals surface area contributed by atoms with Gasteiger partial charge in [0, 0.05) is 12.6 Å². The maximum atomic E-state index is 13.1. The van der Waals surface area contributed by atoms with Crippen molar-refractivity contribution in [2.24, 2.45) is 0 Å². The largest absolute Gasteiger partial charge is 0.355 e. The van der Waals surface area contributed by atoms with Crippen LogP contribution < -0.4 is 16.2 Å². The Balaban J connectivity index is 1.80. The molecule has 1 aliphatic carbocycles. The standard InChI is InChI=1S/C20H26N4O3S/c1-3-21-18(26)13(2)22-17(25)12-28-20-23-16-11-7-6-10-15(16)19(27)24(20)14-8-4-5-9-14/h6-7,10-11,13-14H,3-5,8-9,12H2,1-2H3,(H,21,26)(H,22,25)/t13-/m1/s1. The molecule has 1 aromatic carbocycles. The summed E-state index contributed by atoms with van der Waals surface area (Å²) in [5, 5.41) is 6.54. The molecule has 2 N–H and O–H groups in total. The highest BCUT2D eigenvalue weighted by Gasteiger charge is 2.23. The summed E-state index contributed by atoms with van der Waals surface area (Å²) < 4.78 is 1.76. The van der Waals surface area contributed by atoms with E-state index in [1.54, 1.807) is 17.6 Å². The average Bonchev–Trinajstić information content (AvgIpc) is 3.21. The molecule has 1 aliphatic rings. The maximum Gasteiger partial charge on any atom is 0.262 e. The van der Waals surface area contributed by atoms with Crippen molar-refractivity contribution in [1.29, 1.82) is 0 Å². The van der Waals surface area contributed by atoms with Crippen LogP contribution in [0.5, 0.6) is 0 Å².